The Morgan fingerprint density at radius 2 is 2.00 bits per heavy atom. The lowest BCUT2D eigenvalue weighted by Gasteiger charge is -2.19. The molecule has 158 valence electrons. The van der Waals surface area contributed by atoms with Crippen molar-refractivity contribution in [1.29, 1.82) is 0 Å². The van der Waals surface area contributed by atoms with Gasteiger partial charge in [-0.2, -0.15) is 0 Å². The molecule has 0 saturated heterocycles. The molecule has 0 spiro atoms. The molecule has 0 aliphatic rings. The second-order valence-corrected chi connectivity index (χ2v) is 8.66. The third-order valence-corrected chi connectivity index (χ3v) is 6.45. The van der Waals surface area contributed by atoms with Gasteiger partial charge in [0.1, 0.15) is 11.6 Å². The van der Waals surface area contributed by atoms with Crippen LogP contribution < -0.4 is 9.64 Å². The molecule has 0 radical (unpaired) electrons. The van der Waals surface area contributed by atoms with Gasteiger partial charge in [0.15, 0.2) is 5.13 Å². The highest BCUT2D eigenvalue weighted by Crippen LogP contribution is 2.33. The van der Waals surface area contributed by atoms with Crippen molar-refractivity contribution in [3.05, 3.63) is 78.4 Å². The Bertz CT molecular complexity index is 1170. The van der Waals surface area contributed by atoms with E-state index >= 15 is 0 Å². The molecule has 0 fully saturated rings. The first-order valence-corrected chi connectivity index (χ1v) is 11.5. The lowest BCUT2D eigenvalue weighted by Crippen LogP contribution is -2.32. The lowest BCUT2D eigenvalue weighted by atomic mass is 10.3. The van der Waals surface area contributed by atoms with Crippen molar-refractivity contribution in [2.24, 2.45) is 0 Å². The summed E-state index contributed by atoms with van der Waals surface area (Å²) in [4.78, 5) is 24.7. The summed E-state index contributed by atoms with van der Waals surface area (Å²) in [6.45, 7) is 2.85. The number of amides is 1. The minimum atomic E-state index is -0.298. The molecule has 4 aromatic rings. The quantitative estimate of drug-likeness (QED) is 0.327. The third-order valence-electron chi connectivity index (χ3n) is 4.41. The van der Waals surface area contributed by atoms with Gasteiger partial charge in [-0.05, 0) is 61.5 Å². The number of rotatable bonds is 8. The van der Waals surface area contributed by atoms with Crippen molar-refractivity contribution in [2.45, 2.75) is 18.4 Å². The summed E-state index contributed by atoms with van der Waals surface area (Å²) in [7, 11) is 0. The predicted octanol–water partition coefficient (Wildman–Crippen LogP) is 5.55. The van der Waals surface area contributed by atoms with E-state index in [9.17, 15) is 9.18 Å². The highest BCUT2D eigenvalue weighted by Gasteiger charge is 2.21. The van der Waals surface area contributed by atoms with Gasteiger partial charge in [0, 0.05) is 11.1 Å². The molecule has 0 aliphatic carbocycles. The zero-order valence-electron chi connectivity index (χ0n) is 16.8. The summed E-state index contributed by atoms with van der Waals surface area (Å²) in [5.74, 6) is 0.593. The molecule has 0 saturated carbocycles. The Morgan fingerprint density at radius 3 is 2.74 bits per heavy atom. The Kier molecular flexibility index (Phi) is 6.79. The van der Waals surface area contributed by atoms with Gasteiger partial charge in [-0.3, -0.25) is 14.7 Å². The van der Waals surface area contributed by atoms with E-state index in [1.807, 2.05) is 43.3 Å². The summed E-state index contributed by atoms with van der Waals surface area (Å²) in [5, 5.41) is 0.610. The number of aromatic nitrogens is 2. The molecule has 8 heteroatoms. The average molecular weight is 454 g/mol. The Morgan fingerprint density at radius 1 is 1.16 bits per heavy atom. The number of hydrogen-bond donors (Lipinski definition) is 0. The van der Waals surface area contributed by atoms with E-state index in [1.165, 1.54) is 35.2 Å². The highest BCUT2D eigenvalue weighted by atomic mass is 32.2. The standard InChI is InChI=1S/C23H20FN3O2S2/c1-2-29-18-8-11-20-21(13-18)31-23(26-20)27(14-17-5-3-4-12-25-17)22(28)15-30-19-9-6-16(24)7-10-19/h3-13H,2,14-15H2,1H3. The van der Waals surface area contributed by atoms with E-state index in [0.717, 1.165) is 26.6 Å². The molecule has 0 aliphatic heterocycles. The third kappa shape index (κ3) is 5.39. The van der Waals surface area contributed by atoms with Crippen LogP contribution in [0.2, 0.25) is 0 Å². The maximum absolute atomic E-state index is 13.2. The van der Waals surface area contributed by atoms with Gasteiger partial charge in [-0.1, -0.05) is 17.4 Å². The monoisotopic (exact) mass is 453 g/mol. The Labute approximate surface area is 187 Å². The molecule has 4 rings (SSSR count). The van der Waals surface area contributed by atoms with Gasteiger partial charge in [0.2, 0.25) is 5.91 Å². The molecule has 31 heavy (non-hydrogen) atoms. The fourth-order valence-corrected chi connectivity index (χ4v) is 4.72. The van der Waals surface area contributed by atoms with Crippen LogP contribution in [0.15, 0.2) is 71.8 Å². The van der Waals surface area contributed by atoms with E-state index in [1.54, 1.807) is 23.2 Å². The molecule has 2 heterocycles. The fourth-order valence-electron chi connectivity index (χ4n) is 2.93. The Balaban J connectivity index is 1.59. The normalized spacial score (nSPS) is 10.9. The molecule has 0 N–H and O–H groups in total. The van der Waals surface area contributed by atoms with Gasteiger partial charge in [0.05, 0.1) is 34.8 Å². The second-order valence-electron chi connectivity index (χ2n) is 6.60. The van der Waals surface area contributed by atoms with Gasteiger partial charge in [-0.25, -0.2) is 9.37 Å². The predicted molar refractivity (Wildman–Crippen MR) is 123 cm³/mol. The van der Waals surface area contributed by atoms with Crippen LogP contribution >= 0.6 is 23.1 Å². The fraction of sp³-hybridized carbons (Fsp3) is 0.174. The summed E-state index contributed by atoms with van der Waals surface area (Å²) in [6, 6.07) is 17.5. The first kappa shape index (κ1) is 21.3. The van der Waals surface area contributed by atoms with E-state index in [2.05, 4.69) is 9.97 Å². The van der Waals surface area contributed by atoms with Gasteiger partial charge in [-0.15, -0.1) is 11.8 Å². The molecule has 2 aromatic heterocycles. The maximum Gasteiger partial charge on any atom is 0.239 e. The van der Waals surface area contributed by atoms with Gasteiger partial charge in [0.25, 0.3) is 0 Å². The van der Waals surface area contributed by atoms with Crippen LogP contribution in [0.4, 0.5) is 9.52 Å². The Hall–Kier alpha value is -2.97. The number of benzene rings is 2. The van der Waals surface area contributed by atoms with Crippen molar-refractivity contribution in [2.75, 3.05) is 17.3 Å². The van der Waals surface area contributed by atoms with E-state index in [0.29, 0.717) is 18.3 Å². The van der Waals surface area contributed by atoms with Crippen LogP contribution in [-0.4, -0.2) is 28.2 Å². The molecule has 1 amide bonds. The number of nitrogens with zero attached hydrogens (tertiary/aromatic N) is 3. The summed E-state index contributed by atoms with van der Waals surface area (Å²) < 4.78 is 19.7. The summed E-state index contributed by atoms with van der Waals surface area (Å²) in [5.41, 5.74) is 1.59. The van der Waals surface area contributed by atoms with E-state index in [-0.39, 0.29) is 17.5 Å². The smallest absolute Gasteiger partial charge is 0.239 e. The van der Waals surface area contributed by atoms with Gasteiger partial charge < -0.3 is 4.74 Å². The zero-order valence-corrected chi connectivity index (χ0v) is 18.5. The number of pyridine rings is 1. The van der Waals surface area contributed by atoms with Crippen LogP contribution in [0.1, 0.15) is 12.6 Å². The van der Waals surface area contributed by atoms with Crippen molar-refractivity contribution in [3.63, 3.8) is 0 Å². The van der Waals surface area contributed by atoms with Crippen LogP contribution in [0.5, 0.6) is 5.75 Å². The summed E-state index contributed by atoms with van der Waals surface area (Å²) in [6.07, 6.45) is 1.71. The number of carbonyl (C=O) groups excluding carboxylic acids is 1. The van der Waals surface area contributed by atoms with Crippen LogP contribution in [0.25, 0.3) is 10.2 Å². The largest absolute Gasteiger partial charge is 0.494 e. The SMILES string of the molecule is CCOc1ccc2nc(N(Cc3ccccn3)C(=O)CSc3ccc(F)cc3)sc2c1. The second kappa shape index (κ2) is 9.89. The molecule has 2 aromatic carbocycles. The molecular formula is C23H20FN3O2S2. The lowest BCUT2D eigenvalue weighted by molar-refractivity contribution is -0.116. The maximum atomic E-state index is 13.2. The first-order chi connectivity index (χ1) is 15.1. The number of fused-ring (bicyclic) bond motifs is 1. The number of thioether (sulfide) groups is 1. The van der Waals surface area contributed by atoms with Crippen LogP contribution in [-0.2, 0) is 11.3 Å². The molecule has 0 unspecified atom stereocenters. The van der Waals surface area contributed by atoms with Crippen LogP contribution in [0, 0.1) is 5.82 Å². The number of anilines is 1. The van der Waals surface area contributed by atoms with Crippen LogP contribution in [0.3, 0.4) is 0 Å². The van der Waals surface area contributed by atoms with Crippen molar-refractivity contribution < 1.29 is 13.9 Å². The minimum absolute atomic E-state index is 0.0935. The highest BCUT2D eigenvalue weighted by molar-refractivity contribution is 8.00. The van der Waals surface area contributed by atoms with Crippen molar-refractivity contribution in [3.8, 4) is 5.75 Å². The topological polar surface area (TPSA) is 55.3 Å². The number of ether oxygens (including phenoxy) is 1. The van der Waals surface area contributed by atoms with Gasteiger partial charge >= 0.3 is 0 Å². The minimum Gasteiger partial charge on any atom is -0.494 e. The first-order valence-electron chi connectivity index (χ1n) is 9.74. The zero-order chi connectivity index (χ0) is 21.6. The molecular weight excluding hydrogens is 433 g/mol. The van der Waals surface area contributed by atoms with Crippen molar-refractivity contribution in [1.82, 2.24) is 9.97 Å². The summed E-state index contributed by atoms with van der Waals surface area (Å²) >= 11 is 2.81. The number of thiazole rings is 1. The van der Waals surface area contributed by atoms with E-state index in [4.69, 9.17) is 4.74 Å². The van der Waals surface area contributed by atoms with Crippen molar-refractivity contribution >= 4 is 44.4 Å². The number of carbonyl (C=O) groups is 1. The molecule has 0 atom stereocenters. The molecule has 0 bridgehead atoms. The number of hydrogen-bond acceptors (Lipinski definition) is 6. The number of halogens is 1. The average Bonchev–Trinajstić information content (AvgIpc) is 3.21. The molecule has 5 nitrogen and oxygen atoms in total. The van der Waals surface area contributed by atoms with E-state index < -0.39 is 0 Å².